The molecule has 3 fully saturated rings. The average molecular weight is 396 g/mol. The van der Waals surface area contributed by atoms with Crippen molar-refractivity contribution in [3.05, 3.63) is 64.7 Å². The van der Waals surface area contributed by atoms with Crippen LogP contribution in [0.2, 0.25) is 5.02 Å². The molecule has 144 valence electrons. The molecule has 0 N–H and O–H groups in total. The normalized spacial score (nSPS) is 27.5. The topological polar surface area (TPSA) is 43.9 Å². The Morgan fingerprint density at radius 2 is 1.54 bits per heavy atom. The summed E-state index contributed by atoms with van der Waals surface area (Å²) in [5.41, 5.74) is 2.89. The number of rotatable bonds is 3. The van der Waals surface area contributed by atoms with E-state index in [9.17, 15) is 9.59 Å². The molecule has 3 aliphatic rings. The molecule has 0 aromatic heterocycles. The van der Waals surface area contributed by atoms with Gasteiger partial charge in [-0.1, -0.05) is 42.8 Å². The molecule has 3 aliphatic heterocycles. The number of nitrogens with zero attached hydrogens (tertiary/aromatic N) is 3. The molecule has 2 amide bonds. The summed E-state index contributed by atoms with van der Waals surface area (Å²) in [6.45, 7) is 3.77. The van der Waals surface area contributed by atoms with Crippen molar-refractivity contribution in [2.45, 2.75) is 31.8 Å². The first kappa shape index (κ1) is 17.9. The molecule has 0 aliphatic carbocycles. The Morgan fingerprint density at radius 1 is 0.893 bits per heavy atom. The first-order valence-electron chi connectivity index (χ1n) is 9.85. The van der Waals surface area contributed by atoms with Crippen LogP contribution in [0.15, 0.2) is 48.5 Å². The van der Waals surface area contributed by atoms with Crippen LogP contribution >= 0.6 is 11.6 Å². The number of carbonyl (C=O) groups is 2. The van der Waals surface area contributed by atoms with Gasteiger partial charge in [-0.15, -0.1) is 0 Å². The molecular weight excluding hydrogens is 374 g/mol. The molecule has 5 rings (SSSR count). The summed E-state index contributed by atoms with van der Waals surface area (Å²) in [5, 5.41) is 5.00. The van der Waals surface area contributed by atoms with Gasteiger partial charge < -0.3 is 0 Å². The van der Waals surface area contributed by atoms with E-state index in [1.165, 1.54) is 10.5 Å². The molecule has 3 unspecified atom stereocenters. The molecule has 3 saturated heterocycles. The zero-order valence-corrected chi connectivity index (χ0v) is 16.5. The van der Waals surface area contributed by atoms with E-state index in [-0.39, 0.29) is 23.8 Å². The van der Waals surface area contributed by atoms with Crippen molar-refractivity contribution in [3.63, 3.8) is 0 Å². The second-order valence-electron chi connectivity index (χ2n) is 7.68. The van der Waals surface area contributed by atoms with E-state index >= 15 is 0 Å². The van der Waals surface area contributed by atoms with E-state index in [0.717, 1.165) is 31.5 Å². The number of hydrazine groups is 1. The van der Waals surface area contributed by atoms with Crippen LogP contribution in [-0.2, 0) is 16.0 Å². The second-order valence-corrected chi connectivity index (χ2v) is 8.12. The Bertz CT molecular complexity index is 928. The largest absolute Gasteiger partial charge is 0.274 e. The maximum Gasteiger partial charge on any atom is 0.253 e. The van der Waals surface area contributed by atoms with Crippen molar-refractivity contribution in [1.82, 2.24) is 10.0 Å². The quantitative estimate of drug-likeness (QED) is 0.747. The summed E-state index contributed by atoms with van der Waals surface area (Å²) >= 11 is 6.07. The van der Waals surface area contributed by atoms with Crippen LogP contribution in [0.25, 0.3) is 0 Å². The highest BCUT2D eigenvalue weighted by Crippen LogP contribution is 2.48. The van der Waals surface area contributed by atoms with Crippen LogP contribution in [0.1, 0.15) is 30.5 Å². The SMILES string of the molecule is CCc1ccc(N2C(=O)C3C(C2=O)N2CCCN2C3c2ccc(Cl)cc2)cc1. The van der Waals surface area contributed by atoms with E-state index in [1.807, 2.05) is 48.5 Å². The van der Waals surface area contributed by atoms with Crippen LogP contribution in [0.3, 0.4) is 0 Å². The van der Waals surface area contributed by atoms with Crippen LogP contribution in [0, 0.1) is 5.92 Å². The fourth-order valence-electron chi connectivity index (χ4n) is 4.91. The first-order chi connectivity index (χ1) is 13.6. The lowest BCUT2D eigenvalue weighted by molar-refractivity contribution is -0.126. The molecule has 28 heavy (non-hydrogen) atoms. The third kappa shape index (κ3) is 2.54. The predicted molar refractivity (Wildman–Crippen MR) is 108 cm³/mol. The number of aryl methyl sites for hydroxylation is 1. The molecule has 0 saturated carbocycles. The molecule has 0 spiro atoms. The van der Waals surface area contributed by atoms with Crippen molar-refractivity contribution >= 4 is 29.1 Å². The van der Waals surface area contributed by atoms with Gasteiger partial charge in [0.2, 0.25) is 5.91 Å². The Balaban J connectivity index is 1.55. The average Bonchev–Trinajstić information content (AvgIpc) is 3.35. The fraction of sp³-hybridized carbons (Fsp3) is 0.364. The van der Waals surface area contributed by atoms with E-state index in [0.29, 0.717) is 10.7 Å². The van der Waals surface area contributed by atoms with E-state index in [2.05, 4.69) is 16.9 Å². The zero-order chi connectivity index (χ0) is 19.4. The summed E-state index contributed by atoms with van der Waals surface area (Å²) in [6.07, 6.45) is 1.93. The molecule has 0 bridgehead atoms. The number of imide groups is 1. The minimum atomic E-state index is -0.415. The third-order valence-corrected chi connectivity index (χ3v) is 6.47. The van der Waals surface area contributed by atoms with Gasteiger partial charge in [-0.05, 0) is 48.2 Å². The van der Waals surface area contributed by atoms with E-state index in [4.69, 9.17) is 11.6 Å². The Kier molecular flexibility index (Phi) is 4.27. The Hall–Kier alpha value is -2.21. The third-order valence-electron chi connectivity index (χ3n) is 6.22. The second kappa shape index (κ2) is 6.69. The van der Waals surface area contributed by atoms with E-state index < -0.39 is 6.04 Å². The lowest BCUT2D eigenvalue weighted by Crippen LogP contribution is -2.44. The van der Waals surface area contributed by atoms with Crippen LogP contribution < -0.4 is 4.90 Å². The number of fused-ring (bicyclic) bond motifs is 3. The minimum absolute atomic E-state index is 0.103. The molecule has 3 atom stereocenters. The standard InChI is InChI=1S/C22H22ClN3O2/c1-2-14-4-10-17(11-5-14)26-21(27)18-19(15-6-8-16(23)9-7-15)24-12-3-13-25(24)20(18)22(26)28/h4-11,18-20H,2-3,12-13H2,1H3. The summed E-state index contributed by atoms with van der Waals surface area (Å²) in [4.78, 5) is 28.2. The Morgan fingerprint density at radius 3 is 2.18 bits per heavy atom. The molecule has 5 nitrogen and oxygen atoms in total. The predicted octanol–water partition coefficient (Wildman–Crippen LogP) is 3.44. The summed E-state index contributed by atoms with van der Waals surface area (Å²) in [6, 6.07) is 14.9. The van der Waals surface area contributed by atoms with Gasteiger partial charge >= 0.3 is 0 Å². The highest BCUT2D eigenvalue weighted by molar-refractivity contribution is 6.30. The number of halogens is 1. The van der Waals surface area contributed by atoms with Crippen molar-refractivity contribution in [3.8, 4) is 0 Å². The number of carbonyl (C=O) groups excluding carboxylic acids is 2. The van der Waals surface area contributed by atoms with Gasteiger partial charge in [0.15, 0.2) is 0 Å². The Labute approximate surface area is 169 Å². The summed E-state index contributed by atoms with van der Waals surface area (Å²) < 4.78 is 0. The lowest BCUT2D eigenvalue weighted by atomic mass is 9.90. The van der Waals surface area contributed by atoms with Gasteiger partial charge in [0.1, 0.15) is 6.04 Å². The number of hydrogen-bond donors (Lipinski definition) is 0. The highest BCUT2D eigenvalue weighted by Gasteiger charge is 2.62. The van der Waals surface area contributed by atoms with Crippen molar-refractivity contribution in [2.75, 3.05) is 18.0 Å². The molecule has 6 heteroatoms. The van der Waals surface area contributed by atoms with Crippen LogP contribution in [-0.4, -0.2) is 41.0 Å². The number of benzene rings is 2. The monoisotopic (exact) mass is 395 g/mol. The van der Waals surface area contributed by atoms with Gasteiger partial charge in [-0.25, -0.2) is 14.9 Å². The maximum atomic E-state index is 13.5. The van der Waals surface area contributed by atoms with Gasteiger partial charge in [0.05, 0.1) is 17.6 Å². The molecule has 2 aromatic rings. The smallest absolute Gasteiger partial charge is 0.253 e. The summed E-state index contributed by atoms with van der Waals surface area (Å²) in [5.74, 6) is -0.601. The minimum Gasteiger partial charge on any atom is -0.274 e. The zero-order valence-electron chi connectivity index (χ0n) is 15.7. The first-order valence-corrected chi connectivity index (χ1v) is 10.2. The van der Waals surface area contributed by atoms with Crippen molar-refractivity contribution in [1.29, 1.82) is 0 Å². The number of anilines is 1. The fourth-order valence-corrected chi connectivity index (χ4v) is 5.03. The molecule has 0 radical (unpaired) electrons. The van der Waals surface area contributed by atoms with Gasteiger partial charge in [0.25, 0.3) is 5.91 Å². The van der Waals surface area contributed by atoms with Crippen LogP contribution in [0.4, 0.5) is 5.69 Å². The molecular formula is C22H22ClN3O2. The lowest BCUT2D eigenvalue weighted by Gasteiger charge is -2.29. The van der Waals surface area contributed by atoms with Crippen molar-refractivity contribution < 1.29 is 9.59 Å². The maximum absolute atomic E-state index is 13.5. The summed E-state index contributed by atoms with van der Waals surface area (Å²) in [7, 11) is 0. The van der Waals surface area contributed by atoms with E-state index in [1.54, 1.807) is 0 Å². The number of hydrogen-bond acceptors (Lipinski definition) is 4. The van der Waals surface area contributed by atoms with Crippen molar-refractivity contribution in [2.24, 2.45) is 5.92 Å². The van der Waals surface area contributed by atoms with Crippen LogP contribution in [0.5, 0.6) is 0 Å². The number of amides is 2. The highest BCUT2D eigenvalue weighted by atomic mass is 35.5. The molecule has 3 heterocycles. The van der Waals surface area contributed by atoms with Gasteiger partial charge in [0, 0.05) is 18.1 Å². The van der Waals surface area contributed by atoms with Gasteiger partial charge in [-0.3, -0.25) is 9.59 Å². The van der Waals surface area contributed by atoms with Gasteiger partial charge in [-0.2, -0.15) is 0 Å². The molecule has 2 aromatic carbocycles.